The fourth-order valence-corrected chi connectivity index (χ4v) is 2.39. The lowest BCUT2D eigenvalue weighted by molar-refractivity contribution is 0.469. The molecule has 0 radical (unpaired) electrons. The van der Waals surface area contributed by atoms with Crippen LogP contribution in [0.15, 0.2) is 42.5 Å². The Bertz CT molecular complexity index is 789. The zero-order chi connectivity index (χ0) is 14.1. The number of hydrogen-bond acceptors (Lipinski definition) is 4. The van der Waals surface area contributed by atoms with E-state index in [1.807, 2.05) is 24.3 Å². The molecular weight excluding hydrogens is 274 g/mol. The van der Waals surface area contributed by atoms with Gasteiger partial charge in [-0.05, 0) is 18.2 Å². The number of anilines is 1. The van der Waals surface area contributed by atoms with Crippen LogP contribution in [0, 0.1) is 0 Å². The molecule has 0 saturated carbocycles. The van der Waals surface area contributed by atoms with Gasteiger partial charge in [0, 0.05) is 12.0 Å². The molecule has 1 heterocycles. The fraction of sp³-hybridized carbons (Fsp3) is 0.0667. The molecule has 0 aliphatic carbocycles. The predicted molar refractivity (Wildman–Crippen MR) is 79.9 cm³/mol. The third-order valence-corrected chi connectivity index (χ3v) is 3.40. The van der Waals surface area contributed by atoms with Crippen molar-refractivity contribution in [2.24, 2.45) is 0 Å². The number of benzene rings is 2. The van der Waals surface area contributed by atoms with Crippen LogP contribution in [0.1, 0.15) is 11.4 Å². The zero-order valence-corrected chi connectivity index (χ0v) is 11.3. The number of nitrogens with two attached hydrogens (primary N) is 1. The molecule has 2 aromatic carbocycles. The Morgan fingerprint density at radius 2 is 1.85 bits per heavy atom. The molecular formula is C15H12ClN3O. The van der Waals surface area contributed by atoms with E-state index in [1.54, 1.807) is 18.2 Å². The summed E-state index contributed by atoms with van der Waals surface area (Å²) in [7, 11) is 0. The van der Waals surface area contributed by atoms with Crippen LogP contribution in [0.4, 0.5) is 5.82 Å². The highest BCUT2D eigenvalue weighted by Gasteiger charge is 2.10. The Morgan fingerprint density at radius 1 is 1.05 bits per heavy atom. The maximum atomic E-state index is 9.79. The second-order valence-corrected chi connectivity index (χ2v) is 4.87. The van der Waals surface area contributed by atoms with Gasteiger partial charge in [0.1, 0.15) is 17.4 Å². The van der Waals surface area contributed by atoms with E-state index < -0.39 is 0 Å². The highest BCUT2D eigenvalue weighted by molar-refractivity contribution is 6.36. The smallest absolute Gasteiger partial charge is 0.136 e. The first-order chi connectivity index (χ1) is 9.65. The van der Waals surface area contributed by atoms with E-state index in [1.165, 1.54) is 0 Å². The van der Waals surface area contributed by atoms with Crippen molar-refractivity contribution in [3.05, 3.63) is 58.9 Å². The van der Waals surface area contributed by atoms with Crippen LogP contribution >= 0.6 is 11.6 Å². The van der Waals surface area contributed by atoms with Gasteiger partial charge in [-0.1, -0.05) is 35.9 Å². The van der Waals surface area contributed by atoms with Crippen LogP contribution in [-0.4, -0.2) is 15.1 Å². The normalized spacial score (nSPS) is 10.8. The molecule has 0 spiro atoms. The van der Waals surface area contributed by atoms with E-state index in [0.29, 0.717) is 34.0 Å². The van der Waals surface area contributed by atoms with E-state index in [9.17, 15) is 5.11 Å². The number of nitrogen functional groups attached to an aromatic ring is 1. The molecule has 0 aliphatic heterocycles. The van der Waals surface area contributed by atoms with Crippen molar-refractivity contribution < 1.29 is 5.11 Å². The van der Waals surface area contributed by atoms with E-state index in [2.05, 4.69) is 9.97 Å². The van der Waals surface area contributed by atoms with Gasteiger partial charge in [0.05, 0.1) is 15.9 Å². The highest BCUT2D eigenvalue weighted by Crippen LogP contribution is 2.27. The summed E-state index contributed by atoms with van der Waals surface area (Å²) in [4.78, 5) is 8.72. The largest absolute Gasteiger partial charge is 0.508 e. The van der Waals surface area contributed by atoms with Gasteiger partial charge in [-0.25, -0.2) is 9.97 Å². The summed E-state index contributed by atoms with van der Waals surface area (Å²) < 4.78 is 0. The molecule has 3 rings (SSSR count). The van der Waals surface area contributed by atoms with Crippen LogP contribution < -0.4 is 5.73 Å². The van der Waals surface area contributed by atoms with Gasteiger partial charge in [-0.15, -0.1) is 0 Å². The van der Waals surface area contributed by atoms with Crippen molar-refractivity contribution in [1.82, 2.24) is 9.97 Å². The molecule has 0 saturated heterocycles. The summed E-state index contributed by atoms with van der Waals surface area (Å²) in [5.74, 6) is 1.13. The molecule has 4 nitrogen and oxygen atoms in total. The van der Waals surface area contributed by atoms with Gasteiger partial charge in [0.25, 0.3) is 0 Å². The van der Waals surface area contributed by atoms with Crippen LogP contribution in [0.2, 0.25) is 5.02 Å². The molecule has 3 aromatic rings. The standard InChI is InChI=1S/C15H12ClN3O/c16-10-5-3-6-11-14(10)15(17)19-13(18-11)8-9-4-1-2-7-12(9)20/h1-7,20H,8H2,(H2,17,18,19). The van der Waals surface area contributed by atoms with Crippen LogP contribution in [-0.2, 0) is 6.42 Å². The van der Waals surface area contributed by atoms with E-state index >= 15 is 0 Å². The van der Waals surface area contributed by atoms with Gasteiger partial charge in [-0.2, -0.15) is 0 Å². The lowest BCUT2D eigenvalue weighted by Crippen LogP contribution is -2.02. The van der Waals surface area contributed by atoms with Crippen molar-refractivity contribution >= 4 is 28.3 Å². The molecule has 20 heavy (non-hydrogen) atoms. The Kier molecular flexibility index (Phi) is 3.16. The molecule has 0 amide bonds. The summed E-state index contributed by atoms with van der Waals surface area (Å²) in [6.07, 6.45) is 0.416. The molecule has 0 atom stereocenters. The first kappa shape index (κ1) is 12.7. The Labute approximate surface area is 120 Å². The summed E-state index contributed by atoms with van der Waals surface area (Å²) in [5.41, 5.74) is 7.41. The molecule has 0 aliphatic rings. The molecule has 1 aromatic heterocycles. The molecule has 0 fully saturated rings. The average molecular weight is 286 g/mol. The van der Waals surface area contributed by atoms with E-state index in [-0.39, 0.29) is 5.75 Å². The number of fused-ring (bicyclic) bond motifs is 1. The summed E-state index contributed by atoms with van der Waals surface area (Å²) in [6, 6.07) is 12.5. The molecule has 0 unspecified atom stereocenters. The van der Waals surface area contributed by atoms with Gasteiger partial charge < -0.3 is 10.8 Å². The summed E-state index contributed by atoms with van der Waals surface area (Å²) >= 11 is 6.10. The number of para-hydroxylation sites is 1. The van der Waals surface area contributed by atoms with Crippen LogP contribution in [0.3, 0.4) is 0 Å². The molecule has 0 bridgehead atoms. The molecule has 5 heteroatoms. The summed E-state index contributed by atoms with van der Waals surface area (Å²) in [5, 5.41) is 11.0. The fourth-order valence-electron chi connectivity index (χ4n) is 2.13. The minimum absolute atomic E-state index is 0.223. The van der Waals surface area contributed by atoms with Crippen molar-refractivity contribution in [2.75, 3.05) is 5.73 Å². The number of hydrogen-bond donors (Lipinski definition) is 2. The highest BCUT2D eigenvalue weighted by atomic mass is 35.5. The van der Waals surface area contributed by atoms with Crippen LogP contribution in [0.25, 0.3) is 10.9 Å². The van der Waals surface area contributed by atoms with Gasteiger partial charge >= 0.3 is 0 Å². The predicted octanol–water partition coefficient (Wildman–Crippen LogP) is 3.16. The Hall–Kier alpha value is -2.33. The number of halogens is 1. The van der Waals surface area contributed by atoms with Crippen LogP contribution in [0.5, 0.6) is 5.75 Å². The number of aromatic hydroxyl groups is 1. The lowest BCUT2D eigenvalue weighted by Gasteiger charge is -2.07. The lowest BCUT2D eigenvalue weighted by atomic mass is 10.1. The second kappa shape index (κ2) is 4.98. The maximum Gasteiger partial charge on any atom is 0.136 e. The van der Waals surface area contributed by atoms with E-state index in [4.69, 9.17) is 17.3 Å². The topological polar surface area (TPSA) is 72.0 Å². The summed E-state index contributed by atoms with van der Waals surface area (Å²) in [6.45, 7) is 0. The van der Waals surface area contributed by atoms with Gasteiger partial charge in [0.2, 0.25) is 0 Å². The third-order valence-electron chi connectivity index (χ3n) is 3.09. The minimum atomic E-state index is 0.223. The average Bonchev–Trinajstić information content (AvgIpc) is 2.41. The first-order valence-electron chi connectivity index (χ1n) is 6.12. The number of phenols is 1. The van der Waals surface area contributed by atoms with E-state index in [0.717, 1.165) is 5.56 Å². The van der Waals surface area contributed by atoms with Crippen molar-refractivity contribution in [2.45, 2.75) is 6.42 Å². The zero-order valence-electron chi connectivity index (χ0n) is 10.5. The third kappa shape index (κ3) is 2.26. The van der Waals surface area contributed by atoms with Gasteiger partial charge in [0.15, 0.2) is 0 Å². The first-order valence-corrected chi connectivity index (χ1v) is 6.50. The number of rotatable bonds is 2. The van der Waals surface area contributed by atoms with Crippen molar-refractivity contribution in [1.29, 1.82) is 0 Å². The van der Waals surface area contributed by atoms with Crippen molar-refractivity contribution in [3.63, 3.8) is 0 Å². The van der Waals surface area contributed by atoms with Gasteiger partial charge in [-0.3, -0.25) is 0 Å². The molecule has 100 valence electrons. The van der Waals surface area contributed by atoms with Crippen molar-refractivity contribution in [3.8, 4) is 5.75 Å². The monoisotopic (exact) mass is 285 g/mol. The Balaban J connectivity index is 2.08. The number of nitrogens with zero attached hydrogens (tertiary/aromatic N) is 2. The quantitative estimate of drug-likeness (QED) is 0.758. The SMILES string of the molecule is Nc1nc(Cc2ccccc2O)nc2cccc(Cl)c12. The molecule has 3 N–H and O–H groups in total. The second-order valence-electron chi connectivity index (χ2n) is 4.46. The number of aromatic nitrogens is 2. The minimum Gasteiger partial charge on any atom is -0.508 e. The Morgan fingerprint density at radius 3 is 2.65 bits per heavy atom. The number of phenolic OH excluding ortho intramolecular Hbond substituents is 1. The maximum absolute atomic E-state index is 9.79.